The van der Waals surface area contributed by atoms with E-state index in [9.17, 15) is 19.2 Å². The molecule has 0 bridgehead atoms. The summed E-state index contributed by atoms with van der Waals surface area (Å²) in [4.78, 5) is 51.4. The molecule has 3 aromatic carbocycles. The highest BCUT2D eigenvalue weighted by molar-refractivity contribution is 5.96. The molecular formula is C29H30N6O5. The van der Waals surface area contributed by atoms with Gasteiger partial charge in [0.2, 0.25) is 11.8 Å². The lowest BCUT2D eigenvalue weighted by Crippen LogP contribution is -2.55. The summed E-state index contributed by atoms with van der Waals surface area (Å²) >= 11 is 0. The van der Waals surface area contributed by atoms with Crippen molar-refractivity contribution < 1.29 is 23.9 Å². The fourth-order valence-corrected chi connectivity index (χ4v) is 3.96. The highest BCUT2D eigenvalue weighted by Gasteiger charge is 2.27. The Balaban J connectivity index is 1.36. The molecule has 11 nitrogen and oxygen atoms in total. The van der Waals surface area contributed by atoms with Crippen LogP contribution in [0, 0.1) is 0 Å². The Bertz CT molecular complexity index is 1470. The molecule has 3 amide bonds. The number of hydrogen-bond donors (Lipinski definition) is 3. The highest BCUT2D eigenvalue weighted by Crippen LogP contribution is 2.10. The lowest BCUT2D eigenvalue weighted by Gasteiger charge is -2.22. The first-order valence-corrected chi connectivity index (χ1v) is 12.8. The van der Waals surface area contributed by atoms with Crippen LogP contribution in [-0.4, -0.2) is 56.9 Å². The van der Waals surface area contributed by atoms with Crippen LogP contribution in [0.4, 0.5) is 4.79 Å². The molecule has 1 heterocycles. The van der Waals surface area contributed by atoms with Crippen LogP contribution in [0.2, 0.25) is 0 Å². The van der Waals surface area contributed by atoms with Gasteiger partial charge in [0.05, 0.1) is 5.52 Å². The van der Waals surface area contributed by atoms with Crippen LogP contribution in [0.15, 0.2) is 84.9 Å². The number of nitrogens with one attached hydrogen (secondary N) is 3. The number of amides is 3. The SMILES string of the molecule is C[C@H](NC(=O)[C@H](Cc1ccccc1)NC(=O)OCc1ccccc1)C(=O)N[C@@H](C)C(=O)n1nnc2ccccc21. The monoisotopic (exact) mass is 542 g/mol. The van der Waals surface area contributed by atoms with Gasteiger partial charge >= 0.3 is 6.09 Å². The first-order valence-electron chi connectivity index (χ1n) is 12.8. The average Bonchev–Trinajstić information content (AvgIpc) is 3.40. The van der Waals surface area contributed by atoms with Crippen molar-refractivity contribution in [2.45, 2.75) is 45.0 Å². The topological polar surface area (TPSA) is 144 Å². The molecule has 4 aromatic rings. The third-order valence-electron chi connectivity index (χ3n) is 6.15. The van der Waals surface area contributed by atoms with Crippen molar-refractivity contribution in [2.24, 2.45) is 0 Å². The number of rotatable bonds is 10. The van der Waals surface area contributed by atoms with Gasteiger partial charge < -0.3 is 20.7 Å². The first-order chi connectivity index (χ1) is 19.3. The van der Waals surface area contributed by atoms with Gasteiger partial charge in [-0.25, -0.2) is 4.79 Å². The van der Waals surface area contributed by atoms with Gasteiger partial charge in [-0.15, -0.1) is 5.10 Å². The lowest BCUT2D eigenvalue weighted by molar-refractivity contribution is -0.129. The third kappa shape index (κ3) is 7.28. The van der Waals surface area contributed by atoms with E-state index >= 15 is 0 Å². The molecule has 0 aliphatic rings. The summed E-state index contributed by atoms with van der Waals surface area (Å²) in [7, 11) is 0. The standard InChI is InChI=1S/C29H30N6O5/c1-19(26(36)31-20(2)28(38)35-25-16-10-9-15-23(25)33-34-35)30-27(37)24(17-21-11-5-3-6-12-21)32-29(39)40-18-22-13-7-4-8-14-22/h3-16,19-20,24H,17-18H2,1-2H3,(H,30,37)(H,31,36)(H,32,39)/t19-,20-,24-/m0/s1. The molecule has 1 aromatic heterocycles. The number of alkyl carbamates (subject to hydrolysis) is 1. The molecule has 0 fully saturated rings. The van der Waals surface area contributed by atoms with Crippen LogP contribution in [0.3, 0.4) is 0 Å². The summed E-state index contributed by atoms with van der Waals surface area (Å²) < 4.78 is 6.41. The zero-order valence-electron chi connectivity index (χ0n) is 22.1. The van der Waals surface area contributed by atoms with Crippen molar-refractivity contribution >= 4 is 34.8 Å². The van der Waals surface area contributed by atoms with E-state index in [4.69, 9.17) is 4.74 Å². The van der Waals surface area contributed by atoms with E-state index in [1.54, 1.807) is 24.3 Å². The van der Waals surface area contributed by atoms with Crippen molar-refractivity contribution in [3.63, 3.8) is 0 Å². The Labute approximate surface area is 230 Å². The Kier molecular flexibility index (Phi) is 9.19. The minimum atomic E-state index is -1.01. The molecule has 0 aliphatic heterocycles. The molecule has 0 saturated heterocycles. The van der Waals surface area contributed by atoms with Crippen molar-refractivity contribution in [3.05, 3.63) is 96.1 Å². The second-order valence-electron chi connectivity index (χ2n) is 9.24. The molecule has 3 atom stereocenters. The summed E-state index contributed by atoms with van der Waals surface area (Å²) in [5.41, 5.74) is 2.68. The number of aromatic nitrogens is 3. The van der Waals surface area contributed by atoms with Gasteiger partial charge in [-0.3, -0.25) is 14.4 Å². The van der Waals surface area contributed by atoms with Crippen LogP contribution >= 0.6 is 0 Å². The summed E-state index contributed by atoms with van der Waals surface area (Å²) in [6.45, 7) is 3.05. The Morgan fingerprint density at radius 2 is 1.35 bits per heavy atom. The van der Waals surface area contributed by atoms with Gasteiger partial charge in [-0.05, 0) is 37.1 Å². The normalized spacial score (nSPS) is 13.1. The predicted octanol–water partition coefficient (Wildman–Crippen LogP) is 2.62. The number of benzene rings is 3. The van der Waals surface area contributed by atoms with Gasteiger partial charge in [-0.2, -0.15) is 4.68 Å². The molecular weight excluding hydrogens is 512 g/mol. The summed E-state index contributed by atoms with van der Waals surface area (Å²) in [5.74, 6) is -1.64. The van der Waals surface area contributed by atoms with Crippen molar-refractivity contribution in [3.8, 4) is 0 Å². The van der Waals surface area contributed by atoms with E-state index in [1.165, 1.54) is 13.8 Å². The maximum Gasteiger partial charge on any atom is 0.408 e. The summed E-state index contributed by atoms with van der Waals surface area (Å²) in [6, 6.07) is 22.3. The molecule has 4 rings (SSSR count). The van der Waals surface area contributed by atoms with Crippen LogP contribution in [-0.2, 0) is 27.4 Å². The van der Waals surface area contributed by atoms with Gasteiger partial charge in [0.15, 0.2) is 0 Å². The van der Waals surface area contributed by atoms with Crippen molar-refractivity contribution in [2.75, 3.05) is 0 Å². The summed E-state index contributed by atoms with van der Waals surface area (Å²) in [6.07, 6.45) is -0.591. The van der Waals surface area contributed by atoms with Crippen molar-refractivity contribution in [1.82, 2.24) is 30.9 Å². The fourth-order valence-electron chi connectivity index (χ4n) is 3.96. The van der Waals surface area contributed by atoms with E-state index < -0.39 is 41.9 Å². The first kappa shape index (κ1) is 28.0. The quantitative estimate of drug-likeness (QED) is 0.279. The molecule has 0 unspecified atom stereocenters. The second-order valence-corrected chi connectivity index (χ2v) is 9.24. The smallest absolute Gasteiger partial charge is 0.408 e. The number of para-hydroxylation sites is 1. The van der Waals surface area contributed by atoms with Crippen LogP contribution in [0.1, 0.15) is 29.8 Å². The van der Waals surface area contributed by atoms with E-state index in [1.807, 2.05) is 60.7 Å². The van der Waals surface area contributed by atoms with Crippen LogP contribution in [0.25, 0.3) is 11.0 Å². The molecule has 3 N–H and O–H groups in total. The van der Waals surface area contributed by atoms with E-state index in [2.05, 4.69) is 26.3 Å². The zero-order valence-corrected chi connectivity index (χ0v) is 22.1. The molecule has 0 spiro atoms. The second kappa shape index (κ2) is 13.1. The predicted molar refractivity (Wildman–Crippen MR) is 147 cm³/mol. The molecule has 206 valence electrons. The molecule has 0 radical (unpaired) electrons. The molecule has 0 saturated carbocycles. The van der Waals surface area contributed by atoms with Crippen molar-refractivity contribution in [1.29, 1.82) is 0 Å². The van der Waals surface area contributed by atoms with Gasteiger partial charge in [0, 0.05) is 6.42 Å². The van der Waals surface area contributed by atoms with Gasteiger partial charge in [-0.1, -0.05) is 78.0 Å². The maximum absolute atomic E-state index is 13.2. The maximum atomic E-state index is 13.2. The number of ether oxygens (including phenoxy) is 1. The number of carbonyl (C=O) groups is 4. The fraction of sp³-hybridized carbons (Fsp3) is 0.241. The number of hydrogen-bond acceptors (Lipinski definition) is 7. The molecule has 40 heavy (non-hydrogen) atoms. The summed E-state index contributed by atoms with van der Waals surface area (Å²) in [5, 5.41) is 15.7. The third-order valence-corrected chi connectivity index (χ3v) is 6.15. The Hall–Kier alpha value is -5.06. The lowest BCUT2D eigenvalue weighted by atomic mass is 10.0. The number of fused-ring (bicyclic) bond motifs is 1. The number of carbonyl (C=O) groups excluding carboxylic acids is 4. The Morgan fingerprint density at radius 1 is 0.750 bits per heavy atom. The van der Waals surface area contributed by atoms with E-state index in [0.717, 1.165) is 15.8 Å². The van der Waals surface area contributed by atoms with Crippen LogP contribution in [0.5, 0.6) is 0 Å². The minimum Gasteiger partial charge on any atom is -0.445 e. The molecule has 11 heteroatoms. The Morgan fingerprint density at radius 3 is 2.05 bits per heavy atom. The van der Waals surface area contributed by atoms with Gasteiger partial charge in [0.1, 0.15) is 30.2 Å². The van der Waals surface area contributed by atoms with Gasteiger partial charge in [0.25, 0.3) is 5.91 Å². The van der Waals surface area contributed by atoms with E-state index in [-0.39, 0.29) is 13.0 Å². The highest BCUT2D eigenvalue weighted by atomic mass is 16.5. The van der Waals surface area contributed by atoms with E-state index in [0.29, 0.717) is 11.0 Å². The average molecular weight is 543 g/mol. The number of nitrogens with zero attached hydrogens (tertiary/aromatic N) is 3. The largest absolute Gasteiger partial charge is 0.445 e. The molecule has 0 aliphatic carbocycles. The van der Waals surface area contributed by atoms with Crippen LogP contribution < -0.4 is 16.0 Å². The zero-order chi connectivity index (χ0) is 28.5. The minimum absolute atomic E-state index is 0.0398.